The third-order valence-electron chi connectivity index (χ3n) is 4.87. The van der Waals surface area contributed by atoms with Crippen LogP contribution in [-0.2, 0) is 0 Å². The molecule has 6 nitrogen and oxygen atoms in total. The number of nitrogens with one attached hydrogen (secondary N) is 2. The van der Waals surface area contributed by atoms with Crippen LogP contribution in [0.1, 0.15) is 26.0 Å². The van der Waals surface area contributed by atoms with Gasteiger partial charge in [0.1, 0.15) is 5.82 Å². The fourth-order valence-corrected chi connectivity index (χ4v) is 3.15. The van der Waals surface area contributed by atoms with Crippen LogP contribution in [0.15, 0.2) is 30.3 Å². The summed E-state index contributed by atoms with van der Waals surface area (Å²) in [6.07, 6.45) is 1.10. The number of aromatic nitrogens is 2. The molecule has 0 saturated carbocycles. The molecule has 0 amide bonds. The SMILES string of the molecule is Cc1cc(Nc2ccc(N3CCN(C)CC3)cc2)nc(NCCC(C)C)n1. The van der Waals surface area contributed by atoms with Gasteiger partial charge in [-0.05, 0) is 50.6 Å². The molecule has 0 bridgehead atoms. The van der Waals surface area contributed by atoms with E-state index in [0.717, 1.165) is 56.3 Å². The van der Waals surface area contributed by atoms with Crippen molar-refractivity contribution in [2.45, 2.75) is 27.2 Å². The number of aryl methyl sites for hydroxylation is 1. The highest BCUT2D eigenvalue weighted by atomic mass is 15.2. The zero-order valence-corrected chi connectivity index (χ0v) is 17.0. The van der Waals surface area contributed by atoms with Crippen LogP contribution in [0.5, 0.6) is 0 Å². The third-order valence-corrected chi connectivity index (χ3v) is 4.87. The Morgan fingerprint density at radius 3 is 2.41 bits per heavy atom. The average Bonchev–Trinajstić information content (AvgIpc) is 2.62. The van der Waals surface area contributed by atoms with Crippen LogP contribution in [-0.4, -0.2) is 54.6 Å². The van der Waals surface area contributed by atoms with E-state index >= 15 is 0 Å². The Balaban J connectivity index is 1.62. The lowest BCUT2D eigenvalue weighted by molar-refractivity contribution is 0.313. The minimum Gasteiger partial charge on any atom is -0.369 e. The van der Waals surface area contributed by atoms with Crippen LogP contribution >= 0.6 is 0 Å². The van der Waals surface area contributed by atoms with Gasteiger partial charge < -0.3 is 20.4 Å². The first kappa shape index (κ1) is 19.4. The summed E-state index contributed by atoms with van der Waals surface area (Å²) in [6, 6.07) is 10.6. The molecule has 1 fully saturated rings. The molecule has 1 aromatic carbocycles. The Morgan fingerprint density at radius 1 is 1.04 bits per heavy atom. The van der Waals surface area contributed by atoms with E-state index in [1.165, 1.54) is 5.69 Å². The highest BCUT2D eigenvalue weighted by molar-refractivity contribution is 5.61. The summed E-state index contributed by atoms with van der Waals surface area (Å²) in [5.41, 5.74) is 3.27. The quantitative estimate of drug-likeness (QED) is 0.776. The van der Waals surface area contributed by atoms with E-state index < -0.39 is 0 Å². The van der Waals surface area contributed by atoms with E-state index in [2.05, 4.69) is 75.6 Å². The van der Waals surface area contributed by atoms with Crippen LogP contribution < -0.4 is 15.5 Å². The van der Waals surface area contributed by atoms with Crippen LogP contribution in [0.3, 0.4) is 0 Å². The number of piperazine rings is 1. The zero-order chi connectivity index (χ0) is 19.2. The zero-order valence-electron chi connectivity index (χ0n) is 17.0. The number of anilines is 4. The monoisotopic (exact) mass is 368 g/mol. The third kappa shape index (κ3) is 5.82. The van der Waals surface area contributed by atoms with Crippen LogP contribution in [0, 0.1) is 12.8 Å². The summed E-state index contributed by atoms with van der Waals surface area (Å²) >= 11 is 0. The Kier molecular flexibility index (Phi) is 6.50. The van der Waals surface area contributed by atoms with Crippen molar-refractivity contribution in [2.75, 3.05) is 55.3 Å². The number of hydrogen-bond donors (Lipinski definition) is 2. The number of rotatable bonds is 7. The van der Waals surface area contributed by atoms with Gasteiger partial charge in [-0.2, -0.15) is 4.98 Å². The first-order chi connectivity index (χ1) is 13.0. The number of hydrogen-bond acceptors (Lipinski definition) is 6. The van der Waals surface area contributed by atoms with E-state index in [1.807, 2.05) is 13.0 Å². The fourth-order valence-electron chi connectivity index (χ4n) is 3.15. The molecule has 2 aromatic rings. The molecule has 27 heavy (non-hydrogen) atoms. The van der Waals surface area contributed by atoms with Crippen molar-refractivity contribution in [3.8, 4) is 0 Å². The molecule has 0 spiro atoms. The summed E-state index contributed by atoms with van der Waals surface area (Å²) in [7, 11) is 2.18. The van der Waals surface area contributed by atoms with E-state index in [4.69, 9.17) is 0 Å². The summed E-state index contributed by atoms with van der Waals surface area (Å²) in [5, 5.41) is 6.73. The smallest absolute Gasteiger partial charge is 0.224 e. The van der Waals surface area contributed by atoms with Crippen molar-refractivity contribution < 1.29 is 0 Å². The van der Waals surface area contributed by atoms with Crippen molar-refractivity contribution >= 4 is 23.1 Å². The maximum Gasteiger partial charge on any atom is 0.224 e. The standard InChI is InChI=1S/C21H32N6/c1-16(2)9-10-22-21-23-17(3)15-20(25-21)24-18-5-7-19(8-6-18)27-13-11-26(4)12-14-27/h5-8,15-16H,9-14H2,1-4H3,(H2,22,23,24,25). The molecule has 0 atom stereocenters. The molecule has 1 aromatic heterocycles. The second kappa shape index (κ2) is 9.04. The Labute approximate surface area is 163 Å². The molecule has 3 rings (SSSR count). The average molecular weight is 369 g/mol. The van der Waals surface area contributed by atoms with Gasteiger partial charge >= 0.3 is 0 Å². The predicted octanol–water partition coefficient (Wildman–Crippen LogP) is 3.74. The van der Waals surface area contributed by atoms with Gasteiger partial charge in [-0.25, -0.2) is 4.98 Å². The highest BCUT2D eigenvalue weighted by Gasteiger charge is 2.14. The molecule has 0 unspecified atom stereocenters. The predicted molar refractivity (Wildman–Crippen MR) is 114 cm³/mol. The molecule has 1 saturated heterocycles. The van der Waals surface area contributed by atoms with Gasteiger partial charge in [0.15, 0.2) is 0 Å². The molecular weight excluding hydrogens is 336 g/mol. The second-order valence-electron chi connectivity index (χ2n) is 7.79. The van der Waals surface area contributed by atoms with Gasteiger partial charge in [0.05, 0.1) is 0 Å². The fraction of sp³-hybridized carbons (Fsp3) is 0.524. The van der Waals surface area contributed by atoms with Crippen LogP contribution in [0.4, 0.5) is 23.1 Å². The van der Waals surface area contributed by atoms with Gasteiger partial charge in [0.2, 0.25) is 5.95 Å². The molecule has 1 aliphatic heterocycles. The summed E-state index contributed by atoms with van der Waals surface area (Å²) < 4.78 is 0. The first-order valence-electron chi connectivity index (χ1n) is 9.90. The van der Waals surface area contributed by atoms with Crippen LogP contribution in [0.2, 0.25) is 0 Å². The Hall–Kier alpha value is -2.34. The van der Waals surface area contributed by atoms with Crippen molar-refractivity contribution in [3.05, 3.63) is 36.0 Å². The topological polar surface area (TPSA) is 56.3 Å². The highest BCUT2D eigenvalue weighted by Crippen LogP contribution is 2.22. The minimum absolute atomic E-state index is 0.665. The first-order valence-corrected chi connectivity index (χ1v) is 9.90. The lowest BCUT2D eigenvalue weighted by Crippen LogP contribution is -2.44. The molecule has 0 aliphatic carbocycles. The molecule has 2 N–H and O–H groups in total. The molecule has 2 heterocycles. The second-order valence-corrected chi connectivity index (χ2v) is 7.79. The Morgan fingerprint density at radius 2 is 1.74 bits per heavy atom. The van der Waals surface area contributed by atoms with E-state index in [0.29, 0.717) is 11.9 Å². The lowest BCUT2D eigenvalue weighted by Gasteiger charge is -2.34. The number of nitrogens with zero attached hydrogens (tertiary/aromatic N) is 4. The molecule has 146 valence electrons. The largest absolute Gasteiger partial charge is 0.369 e. The van der Waals surface area contributed by atoms with Gasteiger partial charge in [0, 0.05) is 55.9 Å². The minimum atomic E-state index is 0.665. The Bertz CT molecular complexity index is 720. The van der Waals surface area contributed by atoms with Gasteiger partial charge in [0.25, 0.3) is 0 Å². The van der Waals surface area contributed by atoms with Crippen LogP contribution in [0.25, 0.3) is 0 Å². The maximum absolute atomic E-state index is 4.60. The molecular formula is C21H32N6. The van der Waals surface area contributed by atoms with Gasteiger partial charge in [-0.3, -0.25) is 0 Å². The molecule has 1 aliphatic rings. The van der Waals surface area contributed by atoms with E-state index in [-0.39, 0.29) is 0 Å². The lowest BCUT2D eigenvalue weighted by atomic mass is 10.1. The number of benzene rings is 1. The van der Waals surface area contributed by atoms with E-state index in [1.54, 1.807) is 0 Å². The summed E-state index contributed by atoms with van der Waals surface area (Å²) in [4.78, 5) is 13.9. The van der Waals surface area contributed by atoms with Crippen molar-refractivity contribution in [2.24, 2.45) is 5.92 Å². The van der Waals surface area contributed by atoms with Crippen molar-refractivity contribution in [3.63, 3.8) is 0 Å². The van der Waals surface area contributed by atoms with Gasteiger partial charge in [-0.15, -0.1) is 0 Å². The maximum atomic E-state index is 4.60. The van der Waals surface area contributed by atoms with Crippen molar-refractivity contribution in [1.82, 2.24) is 14.9 Å². The van der Waals surface area contributed by atoms with Crippen molar-refractivity contribution in [1.29, 1.82) is 0 Å². The van der Waals surface area contributed by atoms with E-state index in [9.17, 15) is 0 Å². The number of likely N-dealkylation sites (N-methyl/N-ethyl adjacent to an activating group) is 1. The summed E-state index contributed by atoms with van der Waals surface area (Å²) in [5.74, 6) is 2.17. The normalized spacial score (nSPS) is 15.2. The summed E-state index contributed by atoms with van der Waals surface area (Å²) in [6.45, 7) is 11.7. The molecule has 0 radical (unpaired) electrons. The van der Waals surface area contributed by atoms with Gasteiger partial charge in [-0.1, -0.05) is 13.8 Å². The molecule has 6 heteroatoms.